The molecule has 0 amide bonds. The standard InChI is InChI=1S/C17H10F17IO/c1-36-9(7-4-2-3-5-8(7)35)6-10(18,19)11(20,21)12(22,23)13(24,25)14(26,27)15(28,29)16(30,31)17(32,33)34/h2-5,9H,6H2,1H3. The highest BCUT2D eigenvalue weighted by atomic mass is 127. The zero-order valence-corrected chi connectivity index (χ0v) is 19.0. The molecule has 1 unspecified atom stereocenters. The molecule has 1 rings (SSSR count). The number of methoxy groups -OCH3 is 1. The number of benzene rings is 1. The molecule has 0 aromatic heterocycles. The molecule has 36 heavy (non-hydrogen) atoms. The van der Waals surface area contributed by atoms with Crippen LogP contribution >= 0.6 is 22.6 Å². The monoisotopic (exact) mass is 680 g/mol. The Morgan fingerprint density at radius 3 is 1.33 bits per heavy atom. The Balaban J connectivity index is 3.60. The van der Waals surface area contributed by atoms with Gasteiger partial charge in [0, 0.05) is 17.1 Å². The van der Waals surface area contributed by atoms with Crippen LogP contribution in [0.5, 0.6) is 0 Å². The van der Waals surface area contributed by atoms with Gasteiger partial charge in [-0.2, -0.15) is 74.6 Å². The minimum absolute atomic E-state index is 0.0429. The predicted octanol–water partition coefficient (Wildman–Crippen LogP) is 8.38. The van der Waals surface area contributed by atoms with E-state index in [1.165, 1.54) is 28.7 Å². The average Bonchev–Trinajstić information content (AvgIpc) is 2.70. The van der Waals surface area contributed by atoms with Gasteiger partial charge in [-0.25, -0.2) is 0 Å². The van der Waals surface area contributed by atoms with Gasteiger partial charge in [0.05, 0.1) is 6.10 Å². The smallest absolute Gasteiger partial charge is 0.376 e. The van der Waals surface area contributed by atoms with E-state index in [2.05, 4.69) is 4.74 Å². The van der Waals surface area contributed by atoms with Crippen LogP contribution in [0.1, 0.15) is 18.1 Å². The lowest BCUT2D eigenvalue weighted by Crippen LogP contribution is -2.74. The molecule has 19 heteroatoms. The van der Waals surface area contributed by atoms with Crippen LogP contribution in [0.15, 0.2) is 24.3 Å². The first kappa shape index (κ1) is 32.7. The second kappa shape index (κ2) is 9.48. The van der Waals surface area contributed by atoms with Crippen molar-refractivity contribution in [1.82, 2.24) is 0 Å². The third-order valence-electron chi connectivity index (χ3n) is 4.77. The fraction of sp³-hybridized carbons (Fsp3) is 0.647. The number of halogens is 18. The Kier molecular flexibility index (Phi) is 8.62. The summed E-state index contributed by atoms with van der Waals surface area (Å²) in [6.07, 6.45) is -12.8. The molecule has 1 nitrogen and oxygen atoms in total. The van der Waals surface area contributed by atoms with E-state index in [4.69, 9.17) is 0 Å². The van der Waals surface area contributed by atoms with E-state index in [-0.39, 0.29) is 3.57 Å². The molecule has 0 saturated heterocycles. The summed E-state index contributed by atoms with van der Waals surface area (Å²) in [6.45, 7) is 0. The summed E-state index contributed by atoms with van der Waals surface area (Å²) in [4.78, 5) is 0. The maximum atomic E-state index is 14.2. The topological polar surface area (TPSA) is 9.23 Å². The molecule has 0 radical (unpaired) electrons. The Labute approximate surface area is 203 Å². The summed E-state index contributed by atoms with van der Waals surface area (Å²) in [5.74, 6) is -56.5. The average molecular weight is 680 g/mol. The van der Waals surface area contributed by atoms with E-state index in [1.54, 1.807) is 0 Å². The number of ether oxygens (including phenoxy) is 1. The predicted molar refractivity (Wildman–Crippen MR) is 94.2 cm³/mol. The van der Waals surface area contributed by atoms with Crippen molar-refractivity contribution < 1.29 is 79.4 Å². The van der Waals surface area contributed by atoms with Crippen molar-refractivity contribution in [2.45, 2.75) is 60.2 Å². The number of rotatable bonds is 10. The van der Waals surface area contributed by atoms with E-state index in [0.29, 0.717) is 7.11 Å². The second-order valence-corrected chi connectivity index (χ2v) is 8.26. The summed E-state index contributed by atoms with van der Waals surface area (Å²) in [5.41, 5.74) is -0.437. The zero-order valence-electron chi connectivity index (χ0n) is 16.8. The van der Waals surface area contributed by atoms with Gasteiger partial charge >= 0.3 is 47.6 Å². The van der Waals surface area contributed by atoms with Gasteiger partial charge in [-0.1, -0.05) is 18.2 Å². The van der Waals surface area contributed by atoms with E-state index in [0.717, 1.165) is 18.2 Å². The molecule has 0 bridgehead atoms. The van der Waals surface area contributed by atoms with E-state index in [1.807, 2.05) is 0 Å². The van der Waals surface area contributed by atoms with Crippen LogP contribution in [0.25, 0.3) is 0 Å². The van der Waals surface area contributed by atoms with Crippen LogP contribution in [0.4, 0.5) is 74.6 Å². The first-order valence-electron chi connectivity index (χ1n) is 8.67. The molecule has 1 aromatic carbocycles. The van der Waals surface area contributed by atoms with Gasteiger partial charge in [0.25, 0.3) is 0 Å². The summed E-state index contributed by atoms with van der Waals surface area (Å²) in [7, 11) is 0.544. The minimum Gasteiger partial charge on any atom is -0.376 e. The molecule has 0 spiro atoms. The lowest BCUT2D eigenvalue weighted by molar-refractivity contribution is -0.462. The van der Waals surface area contributed by atoms with Gasteiger partial charge in [-0.05, 0) is 34.2 Å². The molecule has 0 aliphatic heterocycles. The van der Waals surface area contributed by atoms with Gasteiger partial charge in [-0.15, -0.1) is 0 Å². The maximum Gasteiger partial charge on any atom is 0.460 e. The summed E-state index contributed by atoms with van der Waals surface area (Å²) in [5, 5.41) is 0. The van der Waals surface area contributed by atoms with E-state index >= 15 is 0 Å². The Bertz CT molecular complexity index is 924. The van der Waals surface area contributed by atoms with Crippen molar-refractivity contribution in [2.75, 3.05) is 7.11 Å². The molecule has 0 saturated carbocycles. The third kappa shape index (κ3) is 4.70. The molecule has 0 aliphatic carbocycles. The van der Waals surface area contributed by atoms with Crippen molar-refractivity contribution in [2.24, 2.45) is 0 Å². The van der Waals surface area contributed by atoms with Gasteiger partial charge in [0.2, 0.25) is 0 Å². The van der Waals surface area contributed by atoms with Gasteiger partial charge in [0.15, 0.2) is 0 Å². The molecule has 0 heterocycles. The Hall–Kier alpha value is -1.28. The van der Waals surface area contributed by atoms with Crippen LogP contribution < -0.4 is 0 Å². The molecular formula is C17H10F17IO. The lowest BCUT2D eigenvalue weighted by atomic mass is 9.87. The fourth-order valence-corrected chi connectivity index (χ4v) is 3.35. The van der Waals surface area contributed by atoms with Crippen LogP contribution in [-0.2, 0) is 4.74 Å². The van der Waals surface area contributed by atoms with Crippen LogP contribution in [0.3, 0.4) is 0 Å². The van der Waals surface area contributed by atoms with Gasteiger partial charge < -0.3 is 4.74 Å². The van der Waals surface area contributed by atoms with E-state index in [9.17, 15) is 74.6 Å². The minimum atomic E-state index is -8.64. The summed E-state index contributed by atoms with van der Waals surface area (Å²) in [6, 6.07) is 4.40. The third-order valence-corrected chi connectivity index (χ3v) is 5.75. The summed E-state index contributed by atoms with van der Waals surface area (Å²) < 4.78 is 231. The van der Waals surface area contributed by atoms with Crippen LogP contribution in [0.2, 0.25) is 0 Å². The van der Waals surface area contributed by atoms with Crippen molar-refractivity contribution >= 4 is 22.6 Å². The SMILES string of the molecule is COC(CC(F)(F)C(F)(F)C(F)(F)C(F)(F)C(F)(F)C(F)(F)C(F)(F)C(F)(F)F)c1ccccc1I. The Morgan fingerprint density at radius 1 is 0.611 bits per heavy atom. The number of alkyl halides is 17. The molecule has 0 N–H and O–H groups in total. The zero-order chi connectivity index (χ0) is 29.0. The Morgan fingerprint density at radius 2 is 0.972 bits per heavy atom. The van der Waals surface area contributed by atoms with Gasteiger partial charge in [-0.3, -0.25) is 0 Å². The van der Waals surface area contributed by atoms with Gasteiger partial charge in [0.1, 0.15) is 0 Å². The summed E-state index contributed by atoms with van der Waals surface area (Å²) >= 11 is 1.41. The second-order valence-electron chi connectivity index (χ2n) is 7.10. The largest absolute Gasteiger partial charge is 0.460 e. The van der Waals surface area contributed by atoms with Crippen molar-refractivity contribution in [3.63, 3.8) is 0 Å². The molecule has 1 atom stereocenters. The number of hydrogen-bond donors (Lipinski definition) is 0. The van der Waals surface area contributed by atoms with E-state index < -0.39 is 65.7 Å². The highest BCUT2D eigenvalue weighted by Gasteiger charge is 2.95. The van der Waals surface area contributed by atoms with Crippen molar-refractivity contribution in [3.8, 4) is 0 Å². The fourth-order valence-electron chi connectivity index (χ4n) is 2.61. The molecule has 0 aliphatic rings. The number of hydrogen-bond acceptors (Lipinski definition) is 1. The highest BCUT2D eigenvalue weighted by molar-refractivity contribution is 14.1. The quantitative estimate of drug-likeness (QED) is 0.178. The van der Waals surface area contributed by atoms with Crippen molar-refractivity contribution in [3.05, 3.63) is 33.4 Å². The molecular weight excluding hydrogens is 670 g/mol. The normalized spacial score (nSPS) is 16.3. The molecule has 0 fully saturated rings. The first-order valence-corrected chi connectivity index (χ1v) is 9.75. The lowest BCUT2D eigenvalue weighted by Gasteiger charge is -2.43. The first-order chi connectivity index (χ1) is 15.7. The van der Waals surface area contributed by atoms with Crippen LogP contribution in [-0.4, -0.2) is 54.7 Å². The van der Waals surface area contributed by atoms with Crippen molar-refractivity contribution in [1.29, 1.82) is 0 Å². The molecule has 1 aromatic rings. The highest BCUT2D eigenvalue weighted by Crippen LogP contribution is 2.64. The maximum absolute atomic E-state index is 14.2. The van der Waals surface area contributed by atoms with Crippen LogP contribution in [0, 0.1) is 3.57 Å². The molecule has 210 valence electrons.